The molecule has 180 valence electrons. The van der Waals surface area contributed by atoms with E-state index >= 15 is 0 Å². The lowest BCUT2D eigenvalue weighted by molar-refractivity contribution is -0.120. The molecule has 0 fully saturated rings. The molecule has 0 saturated heterocycles. The minimum atomic E-state index is -4.09. The van der Waals surface area contributed by atoms with Gasteiger partial charge in [0.15, 0.2) is 10.7 Å². The van der Waals surface area contributed by atoms with Crippen LogP contribution in [0.25, 0.3) is 0 Å². The van der Waals surface area contributed by atoms with Gasteiger partial charge in [-0.25, -0.2) is 8.42 Å². The Morgan fingerprint density at radius 1 is 1.15 bits per heavy atom. The van der Waals surface area contributed by atoms with E-state index in [-0.39, 0.29) is 34.8 Å². The molecule has 1 aliphatic rings. The van der Waals surface area contributed by atoms with Gasteiger partial charge in [-0.05, 0) is 67.9 Å². The number of hydrogen-bond donors (Lipinski definition) is 1. The maximum atomic E-state index is 13.7. The minimum absolute atomic E-state index is 0.00347. The second kappa shape index (κ2) is 9.62. The highest BCUT2D eigenvalue weighted by Gasteiger charge is 2.33. The van der Waals surface area contributed by atoms with E-state index in [0.29, 0.717) is 11.6 Å². The van der Waals surface area contributed by atoms with Gasteiger partial charge >= 0.3 is 0 Å². The predicted molar refractivity (Wildman–Crippen MR) is 131 cm³/mol. The normalized spacial score (nSPS) is 15.7. The van der Waals surface area contributed by atoms with Gasteiger partial charge in [0.05, 0.1) is 11.7 Å². The summed E-state index contributed by atoms with van der Waals surface area (Å²) in [6, 6.07) is 15.2. The molecule has 1 aliphatic carbocycles. The Kier molecular flexibility index (Phi) is 6.79. The van der Waals surface area contributed by atoms with Crippen molar-refractivity contribution in [1.82, 2.24) is 10.5 Å². The Labute approximate surface area is 201 Å². The molecule has 1 N–H and O–H groups in total. The van der Waals surface area contributed by atoms with Crippen molar-refractivity contribution in [2.75, 3.05) is 10.8 Å². The SMILES string of the molecule is Cc1noc(C)c1S(=O)(=O)N(CC(=O)N[C@@H]1CCCc2ccccc21)c1ccc(C(C)C)cc1. The lowest BCUT2D eigenvalue weighted by Gasteiger charge is -2.28. The molecule has 1 atom stereocenters. The molecule has 0 aliphatic heterocycles. The Bertz CT molecular complexity index is 1260. The Balaban J connectivity index is 1.66. The van der Waals surface area contributed by atoms with Crippen molar-refractivity contribution >= 4 is 21.6 Å². The molecule has 1 heterocycles. The first-order valence-electron chi connectivity index (χ1n) is 11.6. The minimum Gasteiger partial charge on any atom is -0.360 e. The molecule has 0 radical (unpaired) electrons. The fourth-order valence-electron chi connectivity index (χ4n) is 4.57. The van der Waals surface area contributed by atoms with Crippen molar-refractivity contribution in [2.24, 2.45) is 0 Å². The third-order valence-electron chi connectivity index (χ3n) is 6.36. The summed E-state index contributed by atoms with van der Waals surface area (Å²) in [4.78, 5) is 13.2. The molecule has 3 aromatic rings. The van der Waals surface area contributed by atoms with E-state index in [1.807, 2.05) is 30.3 Å². The predicted octanol–water partition coefficient (Wildman–Crippen LogP) is 4.80. The summed E-state index contributed by atoms with van der Waals surface area (Å²) in [6.45, 7) is 6.95. The van der Waals surface area contributed by atoms with Crippen LogP contribution in [0.1, 0.15) is 66.8 Å². The summed E-state index contributed by atoms with van der Waals surface area (Å²) < 4.78 is 33.7. The van der Waals surface area contributed by atoms with E-state index in [0.717, 1.165) is 34.7 Å². The van der Waals surface area contributed by atoms with Gasteiger partial charge < -0.3 is 9.84 Å². The Morgan fingerprint density at radius 3 is 2.50 bits per heavy atom. The van der Waals surface area contributed by atoms with Crippen molar-refractivity contribution in [2.45, 2.75) is 63.8 Å². The van der Waals surface area contributed by atoms with Crippen molar-refractivity contribution in [1.29, 1.82) is 0 Å². The monoisotopic (exact) mass is 481 g/mol. The van der Waals surface area contributed by atoms with Crippen molar-refractivity contribution < 1.29 is 17.7 Å². The highest BCUT2D eigenvalue weighted by atomic mass is 32.2. The van der Waals surface area contributed by atoms with Gasteiger partial charge in [0.2, 0.25) is 5.91 Å². The van der Waals surface area contributed by atoms with Crippen molar-refractivity contribution in [3.8, 4) is 0 Å². The van der Waals surface area contributed by atoms with Gasteiger partial charge in [0.25, 0.3) is 10.0 Å². The number of nitrogens with zero attached hydrogens (tertiary/aromatic N) is 2. The molecule has 4 rings (SSSR count). The third-order valence-corrected chi connectivity index (χ3v) is 8.37. The van der Waals surface area contributed by atoms with Crippen molar-refractivity contribution in [3.63, 3.8) is 0 Å². The summed E-state index contributed by atoms with van der Waals surface area (Å²) in [5.41, 5.74) is 4.10. The fourth-order valence-corrected chi connectivity index (χ4v) is 6.29. The van der Waals surface area contributed by atoms with Crippen LogP contribution in [0.4, 0.5) is 5.69 Å². The smallest absolute Gasteiger partial charge is 0.270 e. The first-order chi connectivity index (χ1) is 16.2. The molecule has 1 amide bonds. The number of rotatable bonds is 7. The fraction of sp³-hybridized carbons (Fsp3) is 0.385. The van der Waals surface area contributed by atoms with Crippen LogP contribution in [0.5, 0.6) is 0 Å². The molecule has 2 aromatic carbocycles. The lowest BCUT2D eigenvalue weighted by atomic mass is 9.88. The van der Waals surface area contributed by atoms with E-state index in [9.17, 15) is 13.2 Å². The van der Waals surface area contributed by atoms with Crippen molar-refractivity contribution in [3.05, 3.63) is 76.7 Å². The van der Waals surface area contributed by atoms with E-state index in [2.05, 4.69) is 30.4 Å². The van der Waals surface area contributed by atoms with Gasteiger partial charge in [-0.1, -0.05) is 55.4 Å². The van der Waals surface area contributed by atoms with Crippen LogP contribution in [0.15, 0.2) is 57.9 Å². The Hall–Kier alpha value is -3.13. The number of fused-ring (bicyclic) bond motifs is 1. The summed E-state index contributed by atoms with van der Waals surface area (Å²) in [7, 11) is -4.09. The zero-order chi connectivity index (χ0) is 24.5. The van der Waals surface area contributed by atoms with Crippen LogP contribution in [0, 0.1) is 13.8 Å². The third kappa shape index (κ3) is 4.73. The number of aryl methyl sites for hydroxylation is 3. The molecule has 8 heteroatoms. The number of carbonyl (C=O) groups is 1. The average Bonchev–Trinajstić information content (AvgIpc) is 3.16. The van der Waals surface area contributed by atoms with E-state index in [1.165, 1.54) is 5.56 Å². The Morgan fingerprint density at radius 2 is 1.85 bits per heavy atom. The first-order valence-corrected chi connectivity index (χ1v) is 13.0. The van der Waals surface area contributed by atoms with E-state index in [1.54, 1.807) is 26.0 Å². The molecule has 1 aromatic heterocycles. The topological polar surface area (TPSA) is 92.5 Å². The van der Waals surface area contributed by atoms with Gasteiger partial charge in [-0.3, -0.25) is 9.10 Å². The molecular weight excluding hydrogens is 450 g/mol. The first kappa shape index (κ1) is 24.0. The van der Waals surface area contributed by atoms with Gasteiger partial charge in [-0.2, -0.15) is 0 Å². The summed E-state index contributed by atoms with van der Waals surface area (Å²) in [5.74, 6) is 0.143. The number of anilines is 1. The number of benzene rings is 2. The zero-order valence-electron chi connectivity index (χ0n) is 20.0. The van der Waals surface area contributed by atoms with Crippen LogP contribution in [0.3, 0.4) is 0 Å². The summed E-state index contributed by atoms with van der Waals surface area (Å²) in [5, 5.41) is 6.88. The zero-order valence-corrected chi connectivity index (χ0v) is 20.9. The van der Waals surface area contributed by atoms with Gasteiger partial charge in [-0.15, -0.1) is 0 Å². The average molecular weight is 482 g/mol. The second-order valence-corrected chi connectivity index (χ2v) is 10.9. The molecular formula is C26H31N3O4S. The number of nitrogens with one attached hydrogen (secondary N) is 1. The lowest BCUT2D eigenvalue weighted by Crippen LogP contribution is -2.42. The largest absolute Gasteiger partial charge is 0.360 e. The van der Waals surface area contributed by atoms with Crippen LogP contribution < -0.4 is 9.62 Å². The van der Waals surface area contributed by atoms with Crippen LogP contribution in [-0.4, -0.2) is 26.0 Å². The molecule has 7 nitrogen and oxygen atoms in total. The molecule has 0 saturated carbocycles. The summed E-state index contributed by atoms with van der Waals surface area (Å²) in [6.07, 6.45) is 2.78. The van der Waals surface area contributed by atoms with Gasteiger partial charge in [0, 0.05) is 0 Å². The molecule has 0 unspecified atom stereocenters. The number of sulfonamides is 1. The second-order valence-electron chi connectivity index (χ2n) is 9.12. The highest BCUT2D eigenvalue weighted by molar-refractivity contribution is 7.93. The number of aromatic nitrogens is 1. The van der Waals surface area contributed by atoms with Gasteiger partial charge in [0.1, 0.15) is 12.2 Å². The van der Waals surface area contributed by atoms with E-state index in [4.69, 9.17) is 4.52 Å². The number of amides is 1. The standard InChI is InChI=1S/C26H31N3O4S/c1-17(2)20-12-14-22(15-13-20)29(34(31,32)26-18(3)28-33-19(26)4)16-25(30)27-24-11-7-9-21-8-5-6-10-23(21)24/h5-6,8,10,12-15,17,24H,7,9,11,16H2,1-4H3,(H,27,30)/t24-/m1/s1. The van der Waals surface area contributed by atoms with Crippen LogP contribution in [-0.2, 0) is 21.2 Å². The number of hydrogen-bond acceptors (Lipinski definition) is 5. The summed E-state index contributed by atoms with van der Waals surface area (Å²) >= 11 is 0. The molecule has 0 bridgehead atoms. The van der Waals surface area contributed by atoms with Crippen LogP contribution >= 0.6 is 0 Å². The quantitative estimate of drug-likeness (QED) is 0.523. The highest BCUT2D eigenvalue weighted by Crippen LogP contribution is 2.31. The maximum absolute atomic E-state index is 13.7. The van der Waals surface area contributed by atoms with Crippen LogP contribution in [0.2, 0.25) is 0 Å². The molecule has 0 spiro atoms. The number of carbonyl (C=O) groups excluding carboxylic acids is 1. The van der Waals surface area contributed by atoms with E-state index < -0.39 is 10.0 Å². The maximum Gasteiger partial charge on any atom is 0.270 e. The molecule has 34 heavy (non-hydrogen) atoms.